The van der Waals surface area contributed by atoms with Crippen LogP contribution in [0.2, 0.25) is 0 Å². The van der Waals surface area contributed by atoms with Crippen molar-refractivity contribution in [3.8, 4) is 5.75 Å². The number of ether oxygens (including phenoxy) is 2. The van der Waals surface area contributed by atoms with E-state index in [1.54, 1.807) is 11.3 Å². The maximum absolute atomic E-state index is 12.7. The van der Waals surface area contributed by atoms with E-state index < -0.39 is 0 Å². The Balaban J connectivity index is 1.91. The summed E-state index contributed by atoms with van der Waals surface area (Å²) in [6.07, 6.45) is 0.268. The Morgan fingerprint density at radius 2 is 1.86 bits per heavy atom. The first-order valence-corrected chi connectivity index (χ1v) is 10.8. The van der Waals surface area contributed by atoms with E-state index in [1.165, 1.54) is 15.8 Å². The van der Waals surface area contributed by atoms with Crippen molar-refractivity contribution in [2.45, 2.75) is 40.7 Å². The van der Waals surface area contributed by atoms with Gasteiger partial charge < -0.3 is 14.0 Å². The van der Waals surface area contributed by atoms with Crippen molar-refractivity contribution < 1.29 is 14.3 Å². The minimum atomic E-state index is -0.153. The van der Waals surface area contributed by atoms with Crippen LogP contribution >= 0.6 is 11.3 Å². The van der Waals surface area contributed by atoms with Crippen molar-refractivity contribution in [2.24, 2.45) is 4.99 Å². The van der Waals surface area contributed by atoms with Gasteiger partial charge in [-0.25, -0.2) is 0 Å². The highest BCUT2D eigenvalue weighted by molar-refractivity contribution is 7.16. The van der Waals surface area contributed by atoms with Gasteiger partial charge in [-0.1, -0.05) is 29.5 Å². The van der Waals surface area contributed by atoms with Gasteiger partial charge in [0.25, 0.3) is 5.91 Å². The van der Waals surface area contributed by atoms with Crippen LogP contribution in [0.25, 0.3) is 10.2 Å². The zero-order valence-corrected chi connectivity index (χ0v) is 18.3. The molecule has 5 nitrogen and oxygen atoms in total. The smallest absolute Gasteiger partial charge is 0.252 e. The van der Waals surface area contributed by atoms with Crippen LogP contribution in [0.4, 0.5) is 0 Å². The molecular weight excluding hydrogens is 384 g/mol. The average Bonchev–Trinajstić information content (AvgIpc) is 3.01. The summed E-state index contributed by atoms with van der Waals surface area (Å²) in [6.45, 7) is 10.7. The highest BCUT2D eigenvalue weighted by Crippen LogP contribution is 2.23. The summed E-state index contributed by atoms with van der Waals surface area (Å²) in [6, 6.07) is 11.9. The van der Waals surface area contributed by atoms with E-state index >= 15 is 0 Å². The SMILES string of the molecule is CCOCCn1c(=NC(=O)Cc2ccc(OCC)cc2)sc2c(C)cc(C)cc21. The van der Waals surface area contributed by atoms with Gasteiger partial charge in [-0.15, -0.1) is 0 Å². The first-order valence-electron chi connectivity index (χ1n) is 9.99. The van der Waals surface area contributed by atoms with Crippen LogP contribution in [0.5, 0.6) is 5.75 Å². The number of carbonyl (C=O) groups is 1. The van der Waals surface area contributed by atoms with Crippen LogP contribution < -0.4 is 9.54 Å². The lowest BCUT2D eigenvalue weighted by molar-refractivity contribution is -0.117. The van der Waals surface area contributed by atoms with Crippen LogP contribution in [0.3, 0.4) is 0 Å². The molecule has 0 atom stereocenters. The van der Waals surface area contributed by atoms with Crippen molar-refractivity contribution >= 4 is 27.5 Å². The molecule has 1 aromatic heterocycles. The molecule has 0 saturated heterocycles. The van der Waals surface area contributed by atoms with Crippen molar-refractivity contribution in [3.05, 3.63) is 57.9 Å². The fourth-order valence-corrected chi connectivity index (χ4v) is 4.43. The summed E-state index contributed by atoms with van der Waals surface area (Å²) in [4.78, 5) is 17.8. The third-order valence-corrected chi connectivity index (χ3v) is 5.82. The fraction of sp³-hybridized carbons (Fsp3) is 0.391. The second-order valence-corrected chi connectivity index (χ2v) is 7.90. The predicted octanol–water partition coefficient (Wildman–Crippen LogP) is 4.42. The Morgan fingerprint density at radius 3 is 2.55 bits per heavy atom. The molecule has 6 heteroatoms. The monoisotopic (exact) mass is 412 g/mol. The van der Waals surface area contributed by atoms with E-state index in [0.717, 1.165) is 21.6 Å². The zero-order valence-electron chi connectivity index (χ0n) is 17.5. The van der Waals surface area contributed by atoms with E-state index in [1.807, 2.05) is 38.1 Å². The fourth-order valence-electron chi connectivity index (χ4n) is 3.31. The number of carbonyl (C=O) groups excluding carboxylic acids is 1. The summed E-state index contributed by atoms with van der Waals surface area (Å²) in [5, 5.41) is 0. The maximum Gasteiger partial charge on any atom is 0.252 e. The largest absolute Gasteiger partial charge is 0.494 e. The van der Waals surface area contributed by atoms with Gasteiger partial charge in [0.15, 0.2) is 4.80 Å². The molecule has 0 spiro atoms. The molecule has 0 saturated carbocycles. The molecule has 0 aliphatic carbocycles. The van der Waals surface area contributed by atoms with Gasteiger partial charge >= 0.3 is 0 Å². The van der Waals surface area contributed by atoms with Crippen LogP contribution in [0.1, 0.15) is 30.5 Å². The molecule has 3 rings (SSSR count). The number of aromatic nitrogens is 1. The van der Waals surface area contributed by atoms with E-state index in [2.05, 4.69) is 35.5 Å². The van der Waals surface area contributed by atoms with Gasteiger partial charge in [-0.2, -0.15) is 4.99 Å². The molecule has 0 radical (unpaired) electrons. The number of rotatable bonds is 8. The van der Waals surface area contributed by atoms with Gasteiger partial charge in [0, 0.05) is 13.2 Å². The van der Waals surface area contributed by atoms with Gasteiger partial charge in [0.05, 0.1) is 29.9 Å². The van der Waals surface area contributed by atoms with E-state index in [0.29, 0.717) is 26.4 Å². The lowest BCUT2D eigenvalue weighted by atomic mass is 10.1. The van der Waals surface area contributed by atoms with E-state index in [9.17, 15) is 4.79 Å². The molecule has 1 amide bonds. The number of hydrogen-bond acceptors (Lipinski definition) is 4. The number of benzene rings is 2. The van der Waals surface area contributed by atoms with Gasteiger partial charge in [-0.05, 0) is 62.6 Å². The Morgan fingerprint density at radius 1 is 1.10 bits per heavy atom. The average molecular weight is 413 g/mol. The number of amides is 1. The molecule has 3 aromatic rings. The van der Waals surface area contributed by atoms with Crippen LogP contribution in [0.15, 0.2) is 41.4 Å². The molecule has 1 heterocycles. The van der Waals surface area contributed by atoms with Crippen molar-refractivity contribution in [1.29, 1.82) is 0 Å². The summed E-state index contributed by atoms with van der Waals surface area (Å²) in [5.74, 6) is 0.657. The minimum Gasteiger partial charge on any atom is -0.494 e. The summed E-state index contributed by atoms with van der Waals surface area (Å²) < 4.78 is 14.3. The van der Waals surface area contributed by atoms with Crippen molar-refractivity contribution in [2.75, 3.05) is 19.8 Å². The molecule has 0 unspecified atom stereocenters. The quantitative estimate of drug-likeness (QED) is 0.515. The third-order valence-electron chi connectivity index (χ3n) is 4.59. The number of aryl methyl sites for hydroxylation is 2. The standard InChI is InChI=1S/C23H28N2O3S/c1-5-27-12-11-25-20-14-16(3)13-17(4)22(20)29-23(25)24-21(26)15-18-7-9-19(10-8-18)28-6-2/h7-10,13-14H,5-6,11-12,15H2,1-4H3. The van der Waals surface area contributed by atoms with Crippen LogP contribution in [0, 0.1) is 13.8 Å². The molecule has 0 N–H and O–H groups in total. The van der Waals surface area contributed by atoms with Crippen molar-refractivity contribution in [1.82, 2.24) is 4.57 Å². The lowest BCUT2D eigenvalue weighted by Crippen LogP contribution is -2.20. The molecule has 154 valence electrons. The Bertz CT molecular complexity index is 1050. The topological polar surface area (TPSA) is 52.8 Å². The zero-order chi connectivity index (χ0) is 20.8. The predicted molar refractivity (Wildman–Crippen MR) is 118 cm³/mol. The maximum atomic E-state index is 12.7. The normalized spacial score (nSPS) is 11.9. The van der Waals surface area contributed by atoms with Crippen LogP contribution in [-0.4, -0.2) is 30.3 Å². The Hall–Kier alpha value is -2.44. The first kappa shape index (κ1) is 21.3. The molecule has 0 fully saturated rings. The molecular formula is C23H28N2O3S. The second-order valence-electron chi connectivity index (χ2n) is 6.92. The Labute approximate surface area is 175 Å². The summed E-state index contributed by atoms with van der Waals surface area (Å²) in [7, 11) is 0. The highest BCUT2D eigenvalue weighted by atomic mass is 32.1. The van der Waals surface area contributed by atoms with Crippen LogP contribution in [-0.2, 0) is 22.5 Å². The molecule has 0 bridgehead atoms. The van der Waals surface area contributed by atoms with Gasteiger partial charge in [0.1, 0.15) is 5.75 Å². The molecule has 29 heavy (non-hydrogen) atoms. The third kappa shape index (κ3) is 5.34. The van der Waals surface area contributed by atoms with E-state index in [4.69, 9.17) is 9.47 Å². The highest BCUT2D eigenvalue weighted by Gasteiger charge is 2.11. The number of hydrogen-bond donors (Lipinski definition) is 0. The van der Waals surface area contributed by atoms with Crippen molar-refractivity contribution in [3.63, 3.8) is 0 Å². The number of thiazole rings is 1. The second kappa shape index (κ2) is 9.85. The number of nitrogens with zero attached hydrogens (tertiary/aromatic N) is 2. The minimum absolute atomic E-state index is 0.153. The molecule has 2 aromatic carbocycles. The molecule has 0 aliphatic heterocycles. The lowest BCUT2D eigenvalue weighted by Gasteiger charge is -2.07. The molecule has 0 aliphatic rings. The first-order chi connectivity index (χ1) is 14.0. The Kier molecular flexibility index (Phi) is 7.23. The summed E-state index contributed by atoms with van der Waals surface area (Å²) >= 11 is 1.57. The number of fused-ring (bicyclic) bond motifs is 1. The summed E-state index contributed by atoms with van der Waals surface area (Å²) in [5.41, 5.74) is 4.44. The van der Waals surface area contributed by atoms with Gasteiger partial charge in [-0.3, -0.25) is 4.79 Å². The van der Waals surface area contributed by atoms with E-state index in [-0.39, 0.29) is 12.3 Å². The van der Waals surface area contributed by atoms with Gasteiger partial charge in [0.2, 0.25) is 0 Å².